The second kappa shape index (κ2) is 8.96. The van der Waals surface area contributed by atoms with Crippen molar-refractivity contribution in [3.8, 4) is 5.69 Å². The summed E-state index contributed by atoms with van der Waals surface area (Å²) in [4.78, 5) is 20.7. The van der Waals surface area contributed by atoms with Gasteiger partial charge in [0.2, 0.25) is 0 Å². The first-order valence-electron chi connectivity index (χ1n) is 9.98. The van der Waals surface area contributed by atoms with Crippen molar-refractivity contribution in [2.24, 2.45) is 0 Å². The fourth-order valence-electron chi connectivity index (χ4n) is 3.53. The van der Waals surface area contributed by atoms with E-state index in [-0.39, 0.29) is 5.56 Å². The zero-order valence-corrected chi connectivity index (χ0v) is 19.6. The molecule has 0 aliphatic rings. The number of hydrogen-bond donors (Lipinski definition) is 0. The van der Waals surface area contributed by atoms with E-state index in [2.05, 4.69) is 6.92 Å². The van der Waals surface area contributed by atoms with E-state index >= 15 is 0 Å². The van der Waals surface area contributed by atoms with E-state index in [0.29, 0.717) is 10.9 Å². The summed E-state index contributed by atoms with van der Waals surface area (Å²) in [6.45, 7) is 6.24. The van der Waals surface area contributed by atoms with Gasteiger partial charge in [-0.25, -0.2) is 4.98 Å². The third-order valence-corrected chi connectivity index (χ3v) is 7.69. The van der Waals surface area contributed by atoms with Gasteiger partial charge in [-0.1, -0.05) is 67.0 Å². The second-order valence-electron chi connectivity index (χ2n) is 7.33. The number of hydrogen-bond acceptors (Lipinski definition) is 4. The summed E-state index contributed by atoms with van der Waals surface area (Å²) in [6, 6.07) is 15.8. The first-order chi connectivity index (χ1) is 14.5. The zero-order valence-electron chi connectivity index (χ0n) is 17.2. The molecule has 0 atom stereocenters. The predicted molar refractivity (Wildman–Crippen MR) is 130 cm³/mol. The molecule has 2 aromatic heterocycles. The zero-order chi connectivity index (χ0) is 21.3. The minimum Gasteiger partial charge on any atom is -0.268 e. The van der Waals surface area contributed by atoms with Gasteiger partial charge in [0.1, 0.15) is 4.83 Å². The molecule has 4 aromatic rings. The van der Waals surface area contributed by atoms with Gasteiger partial charge >= 0.3 is 0 Å². The molecule has 3 nitrogen and oxygen atoms in total. The van der Waals surface area contributed by atoms with Gasteiger partial charge in [0, 0.05) is 15.7 Å². The number of thiophene rings is 1. The fraction of sp³-hybridized carbons (Fsp3) is 0.250. The summed E-state index contributed by atoms with van der Waals surface area (Å²) in [5.74, 6) is 0.648. The van der Waals surface area contributed by atoms with Crippen LogP contribution in [-0.2, 0) is 12.2 Å². The molecule has 0 aliphatic carbocycles. The van der Waals surface area contributed by atoms with E-state index in [4.69, 9.17) is 16.6 Å². The van der Waals surface area contributed by atoms with Crippen LogP contribution < -0.4 is 5.56 Å². The quantitative estimate of drug-likeness (QED) is 0.233. The van der Waals surface area contributed by atoms with E-state index in [0.717, 1.165) is 50.5 Å². The number of aromatic nitrogens is 2. The minimum absolute atomic E-state index is 0.00311. The Labute approximate surface area is 189 Å². The lowest BCUT2D eigenvalue weighted by Gasteiger charge is -2.13. The molecular formula is C24H23ClN2OS2. The lowest BCUT2D eigenvalue weighted by atomic mass is 10.1. The Bertz CT molecular complexity index is 1280. The van der Waals surface area contributed by atoms with E-state index in [1.165, 1.54) is 4.88 Å². The van der Waals surface area contributed by atoms with Crippen molar-refractivity contribution < 1.29 is 0 Å². The molecule has 30 heavy (non-hydrogen) atoms. The highest BCUT2D eigenvalue weighted by Crippen LogP contribution is 2.32. The molecule has 0 aliphatic heterocycles. The van der Waals surface area contributed by atoms with Crippen LogP contribution in [0.2, 0.25) is 5.02 Å². The maximum absolute atomic E-state index is 13.7. The van der Waals surface area contributed by atoms with Crippen LogP contribution in [0.5, 0.6) is 0 Å². The van der Waals surface area contributed by atoms with Crippen LogP contribution in [0.1, 0.15) is 34.9 Å². The van der Waals surface area contributed by atoms with Crippen molar-refractivity contribution in [2.45, 2.75) is 44.5 Å². The number of thioether (sulfide) groups is 1. The smallest absolute Gasteiger partial charge is 0.267 e. The van der Waals surface area contributed by atoms with Crippen LogP contribution in [0.3, 0.4) is 0 Å². The number of nitrogens with zero attached hydrogens (tertiary/aromatic N) is 2. The van der Waals surface area contributed by atoms with Crippen LogP contribution in [0.25, 0.3) is 15.9 Å². The monoisotopic (exact) mass is 454 g/mol. The number of fused-ring (bicyclic) bond motifs is 1. The van der Waals surface area contributed by atoms with Gasteiger partial charge < -0.3 is 0 Å². The van der Waals surface area contributed by atoms with Crippen molar-refractivity contribution in [3.05, 3.63) is 85.5 Å². The highest BCUT2D eigenvalue weighted by Gasteiger charge is 2.19. The van der Waals surface area contributed by atoms with Gasteiger partial charge in [-0.2, -0.15) is 0 Å². The summed E-state index contributed by atoms with van der Waals surface area (Å²) in [6.07, 6.45) is 2.02. The Balaban J connectivity index is 1.89. The average molecular weight is 455 g/mol. The molecule has 0 N–H and O–H groups in total. The van der Waals surface area contributed by atoms with Crippen molar-refractivity contribution in [1.82, 2.24) is 9.55 Å². The number of aryl methyl sites for hydroxylation is 3. The second-order valence-corrected chi connectivity index (χ2v) is 9.77. The summed E-state index contributed by atoms with van der Waals surface area (Å²) in [5.41, 5.74) is 4.05. The standard InChI is InChI=1S/C24H23ClN2OS2/c1-4-8-20-16(3)21-22(30-20)26-24(29-14-17-10-5-6-12-19(17)25)27(23(21)28)18-11-7-9-15(2)13-18/h5-7,9-13H,4,8,14H2,1-3H3. The van der Waals surface area contributed by atoms with Crippen molar-refractivity contribution >= 4 is 44.9 Å². The molecular weight excluding hydrogens is 432 g/mol. The van der Waals surface area contributed by atoms with Crippen LogP contribution in [0.15, 0.2) is 58.5 Å². The maximum atomic E-state index is 13.7. The van der Waals surface area contributed by atoms with E-state index in [1.54, 1.807) is 27.7 Å². The first-order valence-corrected chi connectivity index (χ1v) is 12.2. The molecule has 6 heteroatoms. The molecule has 0 fully saturated rings. The molecule has 0 unspecified atom stereocenters. The molecule has 0 saturated carbocycles. The van der Waals surface area contributed by atoms with Crippen LogP contribution in [0, 0.1) is 13.8 Å². The van der Waals surface area contributed by atoms with Crippen molar-refractivity contribution in [1.29, 1.82) is 0 Å². The minimum atomic E-state index is 0.00311. The molecule has 0 radical (unpaired) electrons. The lowest BCUT2D eigenvalue weighted by molar-refractivity contribution is 0.820. The van der Waals surface area contributed by atoms with Crippen LogP contribution >= 0.6 is 34.7 Å². The SMILES string of the molecule is CCCc1sc2nc(SCc3ccccc3Cl)n(-c3cccc(C)c3)c(=O)c2c1C. The fourth-order valence-corrected chi connectivity index (χ4v) is 6.14. The Morgan fingerprint density at radius 1 is 1.13 bits per heavy atom. The van der Waals surface area contributed by atoms with Crippen molar-refractivity contribution in [3.63, 3.8) is 0 Å². The Hall–Kier alpha value is -2.08. The van der Waals surface area contributed by atoms with E-state index < -0.39 is 0 Å². The van der Waals surface area contributed by atoms with Crippen LogP contribution in [-0.4, -0.2) is 9.55 Å². The number of rotatable bonds is 6. The predicted octanol–water partition coefficient (Wildman–Crippen LogP) is 6.96. The van der Waals surface area contributed by atoms with Gasteiger partial charge in [0.15, 0.2) is 5.16 Å². The summed E-state index contributed by atoms with van der Waals surface area (Å²) in [5, 5.41) is 2.17. The molecule has 0 amide bonds. The maximum Gasteiger partial charge on any atom is 0.267 e. The van der Waals surface area contributed by atoms with Gasteiger partial charge in [-0.05, 0) is 55.2 Å². The molecule has 154 valence electrons. The van der Waals surface area contributed by atoms with Gasteiger partial charge in [0.25, 0.3) is 5.56 Å². The normalized spacial score (nSPS) is 11.3. The Kier molecular flexibility index (Phi) is 6.32. The third kappa shape index (κ3) is 4.07. The molecule has 0 saturated heterocycles. The van der Waals surface area contributed by atoms with E-state index in [9.17, 15) is 4.79 Å². The largest absolute Gasteiger partial charge is 0.268 e. The average Bonchev–Trinajstić information content (AvgIpc) is 3.03. The van der Waals surface area contributed by atoms with Crippen molar-refractivity contribution in [2.75, 3.05) is 0 Å². The summed E-state index contributed by atoms with van der Waals surface area (Å²) >= 11 is 9.54. The highest BCUT2D eigenvalue weighted by atomic mass is 35.5. The highest BCUT2D eigenvalue weighted by molar-refractivity contribution is 7.98. The molecule has 0 spiro atoms. The lowest BCUT2D eigenvalue weighted by Crippen LogP contribution is -2.21. The third-order valence-electron chi connectivity index (χ3n) is 5.08. The molecule has 0 bridgehead atoms. The van der Waals surface area contributed by atoms with Gasteiger partial charge in [0.05, 0.1) is 11.1 Å². The van der Waals surface area contributed by atoms with Crippen LogP contribution in [0.4, 0.5) is 0 Å². The van der Waals surface area contributed by atoms with E-state index in [1.807, 2.05) is 62.4 Å². The first kappa shape index (κ1) is 21.2. The number of halogens is 1. The van der Waals surface area contributed by atoms with Gasteiger partial charge in [-0.15, -0.1) is 11.3 Å². The molecule has 4 rings (SSSR count). The molecule has 2 aromatic carbocycles. The summed E-state index contributed by atoms with van der Waals surface area (Å²) in [7, 11) is 0. The Morgan fingerprint density at radius 3 is 2.67 bits per heavy atom. The Morgan fingerprint density at radius 2 is 1.93 bits per heavy atom. The number of benzene rings is 2. The topological polar surface area (TPSA) is 34.9 Å². The van der Waals surface area contributed by atoms with Gasteiger partial charge in [-0.3, -0.25) is 9.36 Å². The molecule has 2 heterocycles. The summed E-state index contributed by atoms with van der Waals surface area (Å²) < 4.78 is 1.76.